The van der Waals surface area contributed by atoms with Crippen LogP contribution in [0.15, 0.2) is 66.5 Å². The van der Waals surface area contributed by atoms with Crippen LogP contribution in [-0.2, 0) is 4.79 Å². The lowest BCUT2D eigenvalue weighted by Crippen LogP contribution is -2.25. The molecule has 0 aliphatic carbocycles. The predicted molar refractivity (Wildman–Crippen MR) is 112 cm³/mol. The Balaban J connectivity index is 1.68. The zero-order chi connectivity index (χ0) is 21.3. The molecule has 1 aliphatic rings. The van der Waals surface area contributed by atoms with Crippen LogP contribution >= 0.6 is 0 Å². The summed E-state index contributed by atoms with van der Waals surface area (Å²) in [5.74, 6) is -0.509. The van der Waals surface area contributed by atoms with E-state index in [0.717, 1.165) is 11.1 Å². The quantitative estimate of drug-likeness (QED) is 0.602. The number of carbonyl (C=O) groups excluding carboxylic acids is 1. The fourth-order valence-electron chi connectivity index (χ4n) is 3.26. The van der Waals surface area contributed by atoms with Crippen LogP contribution < -0.4 is 15.4 Å². The summed E-state index contributed by atoms with van der Waals surface area (Å²) in [6.45, 7) is 1.98. The number of nitrogens with one attached hydrogen (secondary N) is 2. The molecular formula is C22H20N4O4. The van der Waals surface area contributed by atoms with E-state index in [1.54, 1.807) is 42.1 Å². The average Bonchev–Trinajstić information content (AvgIpc) is 3.18. The highest BCUT2D eigenvalue weighted by Crippen LogP contribution is 2.32. The number of fused-ring (bicyclic) bond motifs is 1. The van der Waals surface area contributed by atoms with Gasteiger partial charge < -0.3 is 20.5 Å². The summed E-state index contributed by atoms with van der Waals surface area (Å²) in [5, 5.41) is 19.5. The van der Waals surface area contributed by atoms with E-state index in [2.05, 4.69) is 15.7 Å². The molecule has 0 saturated carbocycles. The van der Waals surface area contributed by atoms with Crippen LogP contribution in [0.1, 0.15) is 27.5 Å². The van der Waals surface area contributed by atoms with Gasteiger partial charge in [-0.25, -0.2) is 9.48 Å². The monoisotopic (exact) mass is 404 g/mol. The molecule has 30 heavy (non-hydrogen) atoms. The van der Waals surface area contributed by atoms with Gasteiger partial charge in [-0.2, -0.15) is 5.10 Å². The van der Waals surface area contributed by atoms with Crippen molar-refractivity contribution in [3.63, 3.8) is 0 Å². The smallest absolute Gasteiger partial charge is 0.352 e. The van der Waals surface area contributed by atoms with Crippen LogP contribution in [0.25, 0.3) is 0 Å². The molecule has 0 radical (unpaired) electrons. The molecule has 0 unspecified atom stereocenters. The van der Waals surface area contributed by atoms with Crippen LogP contribution in [0.2, 0.25) is 0 Å². The molecule has 3 aromatic rings. The third kappa shape index (κ3) is 3.62. The lowest BCUT2D eigenvalue weighted by Gasteiger charge is -2.24. The molecule has 1 aliphatic heterocycles. The zero-order valence-corrected chi connectivity index (χ0v) is 16.4. The van der Waals surface area contributed by atoms with Crippen molar-refractivity contribution in [2.75, 3.05) is 17.7 Å². The van der Waals surface area contributed by atoms with Crippen molar-refractivity contribution < 1.29 is 19.4 Å². The number of rotatable bonds is 5. The number of benzene rings is 2. The highest BCUT2D eigenvalue weighted by atomic mass is 16.5. The van der Waals surface area contributed by atoms with Crippen LogP contribution in [-0.4, -0.2) is 33.9 Å². The number of hydrogen-bond acceptors (Lipinski definition) is 5. The van der Waals surface area contributed by atoms with E-state index in [0.29, 0.717) is 17.3 Å². The van der Waals surface area contributed by atoms with Gasteiger partial charge in [0.1, 0.15) is 22.8 Å². The summed E-state index contributed by atoms with van der Waals surface area (Å²) in [6, 6.07) is 14.2. The van der Waals surface area contributed by atoms with Gasteiger partial charge in [-0.15, -0.1) is 0 Å². The number of aryl methyl sites for hydroxylation is 1. The number of methoxy groups -OCH3 is 1. The average molecular weight is 404 g/mol. The van der Waals surface area contributed by atoms with Crippen LogP contribution in [0.5, 0.6) is 5.75 Å². The Labute approximate surface area is 172 Å². The van der Waals surface area contributed by atoms with Crippen LogP contribution in [0, 0.1) is 6.92 Å². The second-order valence-corrected chi connectivity index (χ2v) is 6.90. The number of ether oxygens (including phenoxy) is 1. The summed E-state index contributed by atoms with van der Waals surface area (Å²) in [5.41, 5.74) is 2.78. The van der Waals surface area contributed by atoms with Gasteiger partial charge in [-0.05, 0) is 42.8 Å². The minimum absolute atomic E-state index is 0.00734. The molecule has 3 N–H and O–H groups in total. The number of nitrogens with zero attached hydrogens (tertiary/aromatic N) is 2. The molecule has 0 bridgehead atoms. The van der Waals surface area contributed by atoms with Gasteiger partial charge in [0.25, 0.3) is 5.91 Å². The fraction of sp³-hybridized carbons (Fsp3) is 0.136. The first-order chi connectivity index (χ1) is 14.5. The minimum Gasteiger partial charge on any atom is -0.497 e. The number of allylic oxidation sites excluding steroid dienone is 1. The standard InChI is InChI=1S/C22H20N4O4/c1-13-3-5-14(6-4-13)19-11-18(22(28)29)25-20-17(12-23-26(19)20)21(27)24-15-7-9-16(30-2)10-8-15/h3-12,19,25H,1-2H3,(H,24,27)(H,28,29)/t19-/m1/s1. The first-order valence-electron chi connectivity index (χ1n) is 9.28. The highest BCUT2D eigenvalue weighted by molar-refractivity contribution is 6.08. The molecule has 2 aromatic carbocycles. The van der Waals surface area contributed by atoms with Crippen LogP contribution in [0.3, 0.4) is 0 Å². The van der Waals surface area contributed by atoms with E-state index >= 15 is 0 Å². The maximum Gasteiger partial charge on any atom is 0.352 e. The number of carboxylic acids is 1. The van der Waals surface area contributed by atoms with Crippen molar-refractivity contribution >= 4 is 23.4 Å². The van der Waals surface area contributed by atoms with Crippen molar-refractivity contribution in [1.82, 2.24) is 9.78 Å². The summed E-state index contributed by atoms with van der Waals surface area (Å²) in [4.78, 5) is 24.5. The minimum atomic E-state index is -1.11. The van der Waals surface area contributed by atoms with E-state index in [1.165, 1.54) is 6.20 Å². The third-order valence-electron chi connectivity index (χ3n) is 4.88. The maximum atomic E-state index is 12.9. The van der Waals surface area contributed by atoms with E-state index in [4.69, 9.17) is 4.74 Å². The summed E-state index contributed by atoms with van der Waals surface area (Å²) in [6.07, 6.45) is 3.01. The molecule has 8 heteroatoms. The molecule has 0 fully saturated rings. The van der Waals surface area contributed by atoms with Crippen molar-refractivity contribution in [2.45, 2.75) is 13.0 Å². The number of carboxylic acid groups (broad SMARTS) is 1. The Hall–Kier alpha value is -4.07. The zero-order valence-electron chi connectivity index (χ0n) is 16.4. The highest BCUT2D eigenvalue weighted by Gasteiger charge is 2.29. The summed E-state index contributed by atoms with van der Waals surface area (Å²) >= 11 is 0. The lowest BCUT2D eigenvalue weighted by molar-refractivity contribution is -0.132. The topological polar surface area (TPSA) is 105 Å². The fourth-order valence-corrected chi connectivity index (χ4v) is 3.26. The number of anilines is 2. The molecule has 8 nitrogen and oxygen atoms in total. The van der Waals surface area contributed by atoms with Gasteiger partial charge in [-0.1, -0.05) is 29.8 Å². The Morgan fingerprint density at radius 2 is 1.83 bits per heavy atom. The van der Waals surface area contributed by atoms with Crippen LogP contribution in [0.4, 0.5) is 11.5 Å². The normalized spacial score (nSPS) is 14.9. The third-order valence-corrected chi connectivity index (χ3v) is 4.88. The number of carbonyl (C=O) groups is 2. The van der Waals surface area contributed by atoms with E-state index in [1.807, 2.05) is 31.2 Å². The SMILES string of the molecule is COc1ccc(NC(=O)c2cnn3c2NC(C(=O)O)=C[C@@H]3c2ccc(C)cc2)cc1. The number of amides is 1. The number of hydrogen-bond donors (Lipinski definition) is 3. The first kappa shape index (κ1) is 19.3. The second-order valence-electron chi connectivity index (χ2n) is 6.90. The lowest BCUT2D eigenvalue weighted by atomic mass is 10.0. The number of aromatic nitrogens is 2. The molecule has 1 aromatic heterocycles. The van der Waals surface area contributed by atoms with Gasteiger partial charge in [0.2, 0.25) is 0 Å². The van der Waals surface area contributed by atoms with Crippen molar-refractivity contribution in [1.29, 1.82) is 0 Å². The molecule has 1 atom stereocenters. The molecule has 0 spiro atoms. The second kappa shape index (κ2) is 7.75. The van der Waals surface area contributed by atoms with Gasteiger partial charge >= 0.3 is 5.97 Å². The van der Waals surface area contributed by atoms with Gasteiger partial charge in [0.05, 0.1) is 19.3 Å². The van der Waals surface area contributed by atoms with Gasteiger partial charge in [0, 0.05) is 5.69 Å². The maximum absolute atomic E-state index is 12.9. The molecule has 2 heterocycles. The molecule has 0 saturated heterocycles. The predicted octanol–water partition coefficient (Wildman–Crippen LogP) is 3.44. The largest absolute Gasteiger partial charge is 0.497 e. The van der Waals surface area contributed by atoms with Crippen molar-refractivity contribution in [3.8, 4) is 5.75 Å². The summed E-state index contributed by atoms with van der Waals surface area (Å²) in [7, 11) is 1.57. The van der Waals surface area contributed by atoms with E-state index < -0.39 is 17.9 Å². The number of aliphatic carboxylic acids is 1. The molecular weight excluding hydrogens is 384 g/mol. The van der Waals surface area contributed by atoms with Crippen molar-refractivity contribution in [3.05, 3.63) is 83.2 Å². The van der Waals surface area contributed by atoms with E-state index in [-0.39, 0.29) is 11.3 Å². The molecule has 1 amide bonds. The Kier molecular flexibility index (Phi) is 4.97. The Morgan fingerprint density at radius 1 is 1.13 bits per heavy atom. The Bertz CT molecular complexity index is 1130. The Morgan fingerprint density at radius 3 is 2.47 bits per heavy atom. The summed E-state index contributed by atoms with van der Waals surface area (Å²) < 4.78 is 6.73. The van der Waals surface area contributed by atoms with E-state index in [9.17, 15) is 14.7 Å². The molecule has 4 rings (SSSR count). The van der Waals surface area contributed by atoms with Gasteiger partial charge in [0.15, 0.2) is 0 Å². The molecule has 152 valence electrons. The van der Waals surface area contributed by atoms with Crippen molar-refractivity contribution in [2.24, 2.45) is 0 Å². The van der Waals surface area contributed by atoms with Gasteiger partial charge in [-0.3, -0.25) is 4.79 Å². The first-order valence-corrected chi connectivity index (χ1v) is 9.28.